The lowest BCUT2D eigenvalue weighted by Gasteiger charge is -2.06. The molecule has 86 valence electrons. The Morgan fingerprint density at radius 1 is 1.24 bits per heavy atom. The van der Waals surface area contributed by atoms with Crippen LogP contribution in [-0.4, -0.2) is 10.8 Å². The molecule has 0 aliphatic rings. The Labute approximate surface area is 101 Å². The maximum atomic E-state index is 11.1. The van der Waals surface area contributed by atoms with Crippen LogP contribution in [0.5, 0.6) is 0 Å². The normalized spacial score (nSPS) is 9.94. The van der Waals surface area contributed by atoms with Crippen LogP contribution in [0.4, 0.5) is 5.69 Å². The Balaban J connectivity index is 1.98. The van der Waals surface area contributed by atoms with E-state index in [2.05, 4.69) is 10.3 Å². The summed E-state index contributed by atoms with van der Waals surface area (Å²) in [7, 11) is 0. The molecule has 2 rings (SSSR count). The monoisotopic (exact) mass is 226 g/mol. The fourth-order valence-electron chi connectivity index (χ4n) is 1.53. The highest BCUT2D eigenvalue weighted by atomic mass is 16.1. The molecule has 1 heterocycles. The Hall–Kier alpha value is -2.16. The van der Waals surface area contributed by atoms with Crippen LogP contribution in [0.15, 0.2) is 48.8 Å². The third-order valence-electron chi connectivity index (χ3n) is 2.51. The van der Waals surface area contributed by atoms with Crippen molar-refractivity contribution in [3.8, 4) is 0 Å². The average Bonchev–Trinajstić information content (AvgIpc) is 2.38. The smallest absolute Gasteiger partial charge is 0.159 e. The zero-order chi connectivity index (χ0) is 12.1. The van der Waals surface area contributed by atoms with Gasteiger partial charge in [-0.3, -0.25) is 9.78 Å². The largest absolute Gasteiger partial charge is 0.381 e. The summed E-state index contributed by atoms with van der Waals surface area (Å²) in [4.78, 5) is 15.2. The van der Waals surface area contributed by atoms with Gasteiger partial charge in [0, 0.05) is 30.2 Å². The standard InChI is InChI=1S/C14H14N2O/c1-11(17)13-4-6-14(7-5-13)16-10-12-3-2-8-15-9-12/h2-9,16H,10H2,1H3. The summed E-state index contributed by atoms with van der Waals surface area (Å²) in [6.07, 6.45) is 3.59. The van der Waals surface area contributed by atoms with Crippen molar-refractivity contribution in [3.05, 3.63) is 59.9 Å². The maximum absolute atomic E-state index is 11.1. The van der Waals surface area contributed by atoms with Gasteiger partial charge in [-0.25, -0.2) is 0 Å². The van der Waals surface area contributed by atoms with Crippen LogP contribution in [0.25, 0.3) is 0 Å². The van der Waals surface area contributed by atoms with Crippen LogP contribution in [-0.2, 0) is 6.54 Å². The van der Waals surface area contributed by atoms with Gasteiger partial charge in [-0.1, -0.05) is 6.07 Å². The molecule has 1 N–H and O–H groups in total. The SMILES string of the molecule is CC(=O)c1ccc(NCc2cccnc2)cc1. The van der Waals surface area contributed by atoms with Gasteiger partial charge < -0.3 is 5.32 Å². The predicted octanol–water partition coefficient (Wildman–Crippen LogP) is 2.90. The quantitative estimate of drug-likeness (QED) is 0.815. The Bertz CT molecular complexity index is 491. The highest BCUT2D eigenvalue weighted by Gasteiger charge is 1.98. The molecule has 0 atom stereocenters. The molecule has 1 aromatic carbocycles. The molecule has 0 aliphatic heterocycles. The molecule has 0 bridgehead atoms. The number of carbonyl (C=O) groups is 1. The molecular weight excluding hydrogens is 212 g/mol. The molecule has 0 saturated heterocycles. The molecule has 0 radical (unpaired) electrons. The summed E-state index contributed by atoms with van der Waals surface area (Å²) in [5.74, 6) is 0.0869. The van der Waals surface area contributed by atoms with Crippen LogP contribution in [0.1, 0.15) is 22.8 Å². The van der Waals surface area contributed by atoms with E-state index < -0.39 is 0 Å². The van der Waals surface area contributed by atoms with E-state index in [1.54, 1.807) is 13.1 Å². The van der Waals surface area contributed by atoms with Crippen molar-refractivity contribution in [2.24, 2.45) is 0 Å². The highest BCUT2D eigenvalue weighted by Crippen LogP contribution is 2.11. The van der Waals surface area contributed by atoms with Crippen molar-refractivity contribution in [1.82, 2.24) is 4.98 Å². The second kappa shape index (κ2) is 5.25. The molecule has 0 saturated carbocycles. The van der Waals surface area contributed by atoms with Crippen LogP contribution in [0.3, 0.4) is 0 Å². The number of anilines is 1. The Morgan fingerprint density at radius 2 is 2.00 bits per heavy atom. The first-order chi connectivity index (χ1) is 8.25. The lowest BCUT2D eigenvalue weighted by molar-refractivity contribution is 0.101. The van der Waals surface area contributed by atoms with E-state index in [9.17, 15) is 4.79 Å². The van der Waals surface area contributed by atoms with Gasteiger partial charge in [-0.05, 0) is 42.8 Å². The van der Waals surface area contributed by atoms with Crippen molar-refractivity contribution in [2.75, 3.05) is 5.32 Å². The minimum Gasteiger partial charge on any atom is -0.381 e. The van der Waals surface area contributed by atoms with E-state index in [4.69, 9.17) is 0 Å². The van der Waals surface area contributed by atoms with E-state index in [-0.39, 0.29) is 5.78 Å². The molecule has 0 fully saturated rings. The number of aromatic nitrogens is 1. The molecule has 17 heavy (non-hydrogen) atoms. The molecule has 3 heteroatoms. The summed E-state index contributed by atoms with van der Waals surface area (Å²) in [6, 6.07) is 11.4. The minimum absolute atomic E-state index is 0.0869. The lowest BCUT2D eigenvalue weighted by atomic mass is 10.1. The average molecular weight is 226 g/mol. The number of nitrogens with zero attached hydrogens (tertiary/aromatic N) is 1. The molecule has 0 aliphatic carbocycles. The van der Waals surface area contributed by atoms with E-state index >= 15 is 0 Å². The van der Waals surface area contributed by atoms with Crippen LogP contribution in [0, 0.1) is 0 Å². The van der Waals surface area contributed by atoms with Crippen LogP contribution in [0.2, 0.25) is 0 Å². The topological polar surface area (TPSA) is 42.0 Å². The molecule has 3 nitrogen and oxygen atoms in total. The number of Topliss-reactive ketones (excluding diaryl/α,β-unsaturated/α-hetero) is 1. The lowest BCUT2D eigenvalue weighted by Crippen LogP contribution is -2.00. The molecule has 0 amide bonds. The summed E-state index contributed by atoms with van der Waals surface area (Å²) >= 11 is 0. The second-order valence-electron chi connectivity index (χ2n) is 3.85. The van der Waals surface area contributed by atoms with Gasteiger partial charge in [0.05, 0.1) is 0 Å². The number of hydrogen-bond acceptors (Lipinski definition) is 3. The zero-order valence-electron chi connectivity index (χ0n) is 9.68. The second-order valence-corrected chi connectivity index (χ2v) is 3.85. The van der Waals surface area contributed by atoms with Gasteiger partial charge in [-0.2, -0.15) is 0 Å². The fourth-order valence-corrected chi connectivity index (χ4v) is 1.53. The number of nitrogens with one attached hydrogen (secondary N) is 1. The van der Waals surface area contributed by atoms with E-state index in [0.717, 1.165) is 23.4 Å². The van der Waals surface area contributed by atoms with Crippen molar-refractivity contribution in [2.45, 2.75) is 13.5 Å². The zero-order valence-corrected chi connectivity index (χ0v) is 9.68. The summed E-state index contributed by atoms with van der Waals surface area (Å²) < 4.78 is 0. The predicted molar refractivity (Wildman–Crippen MR) is 68.0 cm³/mol. The van der Waals surface area contributed by atoms with E-state index in [1.165, 1.54) is 0 Å². The first kappa shape index (κ1) is 11.3. The number of carbonyl (C=O) groups excluding carboxylic acids is 1. The van der Waals surface area contributed by atoms with E-state index in [0.29, 0.717) is 0 Å². The van der Waals surface area contributed by atoms with Crippen LogP contribution >= 0.6 is 0 Å². The minimum atomic E-state index is 0.0869. The summed E-state index contributed by atoms with van der Waals surface area (Å²) in [5.41, 5.74) is 2.86. The Kier molecular flexibility index (Phi) is 3.50. The number of benzene rings is 1. The number of hydrogen-bond donors (Lipinski definition) is 1. The van der Waals surface area contributed by atoms with Gasteiger partial charge in [-0.15, -0.1) is 0 Å². The first-order valence-corrected chi connectivity index (χ1v) is 5.49. The summed E-state index contributed by atoms with van der Waals surface area (Å²) in [6.45, 7) is 2.30. The van der Waals surface area contributed by atoms with Crippen molar-refractivity contribution in [3.63, 3.8) is 0 Å². The number of rotatable bonds is 4. The van der Waals surface area contributed by atoms with Crippen molar-refractivity contribution < 1.29 is 4.79 Å². The Morgan fingerprint density at radius 3 is 2.59 bits per heavy atom. The van der Waals surface area contributed by atoms with Gasteiger partial charge in [0.2, 0.25) is 0 Å². The van der Waals surface area contributed by atoms with Crippen LogP contribution < -0.4 is 5.32 Å². The summed E-state index contributed by atoms with van der Waals surface area (Å²) in [5, 5.41) is 3.28. The number of ketones is 1. The fraction of sp³-hybridized carbons (Fsp3) is 0.143. The van der Waals surface area contributed by atoms with E-state index in [1.807, 2.05) is 42.6 Å². The molecule has 0 spiro atoms. The highest BCUT2D eigenvalue weighted by molar-refractivity contribution is 5.94. The molecule has 0 unspecified atom stereocenters. The molecule has 2 aromatic rings. The van der Waals surface area contributed by atoms with Crippen molar-refractivity contribution >= 4 is 11.5 Å². The van der Waals surface area contributed by atoms with Crippen molar-refractivity contribution in [1.29, 1.82) is 0 Å². The van der Waals surface area contributed by atoms with Gasteiger partial charge in [0.15, 0.2) is 5.78 Å². The van der Waals surface area contributed by atoms with Gasteiger partial charge >= 0.3 is 0 Å². The third-order valence-corrected chi connectivity index (χ3v) is 2.51. The van der Waals surface area contributed by atoms with Gasteiger partial charge in [0.25, 0.3) is 0 Å². The molecule has 1 aromatic heterocycles. The first-order valence-electron chi connectivity index (χ1n) is 5.49. The molecular formula is C14H14N2O. The maximum Gasteiger partial charge on any atom is 0.159 e. The van der Waals surface area contributed by atoms with Gasteiger partial charge in [0.1, 0.15) is 0 Å². The third kappa shape index (κ3) is 3.14. The number of pyridine rings is 1.